The monoisotopic (exact) mass is 306 g/mol. The molecule has 0 saturated heterocycles. The van der Waals surface area contributed by atoms with Gasteiger partial charge in [-0.15, -0.1) is 0 Å². The van der Waals surface area contributed by atoms with Gasteiger partial charge in [-0.05, 0) is 62.1 Å². The smallest absolute Gasteiger partial charge is 0.0531 e. The maximum atomic E-state index is 3.72. The molecule has 120 valence electrons. The molecule has 2 N–H and O–H groups in total. The molecule has 1 atom stereocenters. The van der Waals surface area contributed by atoms with Crippen molar-refractivity contribution in [3.05, 3.63) is 59.7 Å². The molecule has 1 unspecified atom stereocenters. The maximum Gasteiger partial charge on any atom is 0.0531 e. The predicted octanol–water partition coefficient (Wildman–Crippen LogP) is 6.13. The Labute approximate surface area is 139 Å². The summed E-state index contributed by atoms with van der Waals surface area (Å²) in [6.45, 7) is 8.97. The van der Waals surface area contributed by atoms with E-state index in [2.05, 4.69) is 80.8 Å². The van der Waals surface area contributed by atoms with Gasteiger partial charge in [0.2, 0.25) is 0 Å². The van der Waals surface area contributed by atoms with Crippen molar-refractivity contribution in [2.75, 3.05) is 10.6 Å². The third-order valence-corrected chi connectivity index (χ3v) is 4.87. The molecule has 23 heavy (non-hydrogen) atoms. The molecular weight excluding hydrogens is 280 g/mol. The molecule has 0 aromatic heterocycles. The minimum atomic E-state index is 0.0547. The second-order valence-corrected chi connectivity index (χ2v) is 6.57. The number of rotatable bonds is 4. The van der Waals surface area contributed by atoms with Gasteiger partial charge in [-0.1, -0.05) is 38.1 Å². The number of hydrogen-bond donors (Lipinski definition) is 2. The summed E-state index contributed by atoms with van der Waals surface area (Å²) < 4.78 is 0. The van der Waals surface area contributed by atoms with Crippen LogP contribution in [0, 0.1) is 6.92 Å². The fourth-order valence-electron chi connectivity index (χ4n) is 3.31. The van der Waals surface area contributed by atoms with E-state index in [-0.39, 0.29) is 5.54 Å². The van der Waals surface area contributed by atoms with E-state index in [0.29, 0.717) is 0 Å². The summed E-state index contributed by atoms with van der Waals surface area (Å²) in [4.78, 5) is 0. The van der Waals surface area contributed by atoms with Crippen LogP contribution in [0.3, 0.4) is 0 Å². The zero-order chi connectivity index (χ0) is 16.4. The van der Waals surface area contributed by atoms with Crippen molar-refractivity contribution in [1.82, 2.24) is 0 Å². The highest BCUT2D eigenvalue weighted by atomic mass is 15.0. The van der Waals surface area contributed by atoms with E-state index < -0.39 is 0 Å². The molecule has 0 spiro atoms. The van der Waals surface area contributed by atoms with Gasteiger partial charge >= 0.3 is 0 Å². The molecule has 0 amide bonds. The van der Waals surface area contributed by atoms with Gasteiger partial charge in [-0.2, -0.15) is 0 Å². The molecule has 0 fully saturated rings. The second-order valence-electron chi connectivity index (χ2n) is 6.57. The standard InChI is InChI=1S/C21H26N2/c1-5-16-14-21(4,6-2)23-19-13-12-18(15(3)20(16)19)22-17-10-8-7-9-11-17/h7-14,22-23H,5-6H2,1-4H3. The molecule has 0 aliphatic carbocycles. The highest BCUT2D eigenvalue weighted by Crippen LogP contribution is 2.41. The molecule has 2 aromatic carbocycles. The Hall–Kier alpha value is -2.22. The summed E-state index contributed by atoms with van der Waals surface area (Å²) >= 11 is 0. The van der Waals surface area contributed by atoms with Crippen LogP contribution in [0.25, 0.3) is 5.57 Å². The lowest BCUT2D eigenvalue weighted by Gasteiger charge is -2.36. The number of nitrogens with one attached hydrogen (secondary N) is 2. The van der Waals surface area contributed by atoms with Crippen LogP contribution in [0.2, 0.25) is 0 Å². The average molecular weight is 306 g/mol. The summed E-state index contributed by atoms with van der Waals surface area (Å²) in [5, 5.41) is 7.26. The zero-order valence-electron chi connectivity index (χ0n) is 14.5. The fraction of sp³-hybridized carbons (Fsp3) is 0.333. The van der Waals surface area contributed by atoms with E-state index in [4.69, 9.17) is 0 Å². The zero-order valence-corrected chi connectivity index (χ0v) is 14.5. The molecule has 2 nitrogen and oxygen atoms in total. The van der Waals surface area contributed by atoms with Crippen LogP contribution in [0.1, 0.15) is 44.7 Å². The van der Waals surface area contributed by atoms with E-state index >= 15 is 0 Å². The Morgan fingerprint density at radius 1 is 1.04 bits per heavy atom. The number of allylic oxidation sites excluding steroid dienone is 1. The quantitative estimate of drug-likeness (QED) is 0.710. The summed E-state index contributed by atoms with van der Waals surface area (Å²) in [6, 6.07) is 14.7. The van der Waals surface area contributed by atoms with Crippen LogP contribution in [0.4, 0.5) is 17.1 Å². The maximum absolute atomic E-state index is 3.72. The van der Waals surface area contributed by atoms with Gasteiger partial charge < -0.3 is 10.6 Å². The van der Waals surface area contributed by atoms with Crippen molar-refractivity contribution in [3.63, 3.8) is 0 Å². The van der Waals surface area contributed by atoms with Crippen LogP contribution in [-0.2, 0) is 0 Å². The van der Waals surface area contributed by atoms with Gasteiger partial charge in [-0.25, -0.2) is 0 Å². The van der Waals surface area contributed by atoms with Gasteiger partial charge in [0, 0.05) is 22.6 Å². The highest BCUT2D eigenvalue weighted by Gasteiger charge is 2.27. The first-order valence-electron chi connectivity index (χ1n) is 8.52. The lowest BCUT2D eigenvalue weighted by Crippen LogP contribution is -2.34. The minimum Gasteiger partial charge on any atom is -0.376 e. The Balaban J connectivity index is 2.03. The van der Waals surface area contributed by atoms with E-state index in [0.717, 1.165) is 18.5 Å². The summed E-state index contributed by atoms with van der Waals surface area (Å²) in [7, 11) is 0. The third kappa shape index (κ3) is 2.98. The molecule has 1 aliphatic heterocycles. The number of para-hydroxylation sites is 1. The van der Waals surface area contributed by atoms with Gasteiger partial charge in [0.15, 0.2) is 0 Å². The highest BCUT2D eigenvalue weighted by molar-refractivity contribution is 5.87. The number of hydrogen-bond acceptors (Lipinski definition) is 2. The van der Waals surface area contributed by atoms with Gasteiger partial charge in [0.05, 0.1) is 5.54 Å². The second kappa shape index (κ2) is 6.11. The van der Waals surface area contributed by atoms with Crippen molar-refractivity contribution < 1.29 is 0 Å². The lowest BCUT2D eigenvalue weighted by atomic mass is 9.84. The Kier molecular flexibility index (Phi) is 4.16. The lowest BCUT2D eigenvalue weighted by molar-refractivity contribution is 0.607. The van der Waals surface area contributed by atoms with E-state index in [1.807, 2.05) is 6.07 Å². The summed E-state index contributed by atoms with van der Waals surface area (Å²) in [5.41, 5.74) is 7.72. The fourth-order valence-corrected chi connectivity index (χ4v) is 3.31. The molecule has 2 heteroatoms. The van der Waals surface area contributed by atoms with Crippen LogP contribution in [0.15, 0.2) is 48.5 Å². The van der Waals surface area contributed by atoms with Crippen molar-refractivity contribution in [2.24, 2.45) is 0 Å². The number of benzene rings is 2. The number of fused-ring (bicyclic) bond motifs is 1. The molecule has 0 saturated carbocycles. The largest absolute Gasteiger partial charge is 0.376 e. The molecule has 1 aliphatic rings. The van der Waals surface area contributed by atoms with Crippen LogP contribution in [0.5, 0.6) is 0 Å². The molecular formula is C21H26N2. The van der Waals surface area contributed by atoms with Gasteiger partial charge in [0.1, 0.15) is 0 Å². The van der Waals surface area contributed by atoms with E-state index in [1.54, 1.807) is 0 Å². The van der Waals surface area contributed by atoms with Crippen molar-refractivity contribution in [1.29, 1.82) is 0 Å². The van der Waals surface area contributed by atoms with E-state index in [1.165, 1.54) is 28.1 Å². The predicted molar refractivity (Wildman–Crippen MR) is 101 cm³/mol. The van der Waals surface area contributed by atoms with Crippen molar-refractivity contribution in [2.45, 2.75) is 46.1 Å². The molecule has 0 radical (unpaired) electrons. The normalized spacial score (nSPS) is 19.6. The van der Waals surface area contributed by atoms with E-state index in [9.17, 15) is 0 Å². The first-order chi connectivity index (χ1) is 11.1. The Bertz CT molecular complexity index is 731. The van der Waals surface area contributed by atoms with Gasteiger partial charge in [-0.3, -0.25) is 0 Å². The summed E-state index contributed by atoms with van der Waals surface area (Å²) in [6.07, 6.45) is 4.55. The molecule has 0 bridgehead atoms. The molecule has 2 aromatic rings. The van der Waals surface area contributed by atoms with Crippen molar-refractivity contribution >= 4 is 22.6 Å². The third-order valence-electron chi connectivity index (χ3n) is 4.87. The average Bonchev–Trinajstić information content (AvgIpc) is 2.57. The Morgan fingerprint density at radius 2 is 1.78 bits per heavy atom. The summed E-state index contributed by atoms with van der Waals surface area (Å²) in [5.74, 6) is 0. The van der Waals surface area contributed by atoms with Gasteiger partial charge in [0.25, 0.3) is 0 Å². The minimum absolute atomic E-state index is 0.0547. The van der Waals surface area contributed by atoms with Crippen LogP contribution < -0.4 is 10.6 Å². The first kappa shape index (κ1) is 15.7. The van der Waals surface area contributed by atoms with Crippen LogP contribution in [-0.4, -0.2) is 5.54 Å². The first-order valence-corrected chi connectivity index (χ1v) is 8.52. The SMILES string of the molecule is CCC1=CC(C)(CC)Nc2ccc(Nc3ccccc3)c(C)c21. The topological polar surface area (TPSA) is 24.1 Å². The number of anilines is 3. The molecule has 3 rings (SSSR count). The van der Waals surface area contributed by atoms with Crippen LogP contribution >= 0.6 is 0 Å². The molecule has 1 heterocycles. The Morgan fingerprint density at radius 3 is 2.43 bits per heavy atom. The van der Waals surface area contributed by atoms with Crippen molar-refractivity contribution in [3.8, 4) is 0 Å².